The van der Waals surface area contributed by atoms with Gasteiger partial charge in [0.15, 0.2) is 11.5 Å². The predicted octanol–water partition coefficient (Wildman–Crippen LogP) is 3.27. The monoisotopic (exact) mass is 320 g/mol. The Hall–Kier alpha value is -1.91. The molecule has 1 aromatic rings. The van der Waals surface area contributed by atoms with Crippen molar-refractivity contribution < 1.29 is 14.3 Å². The van der Waals surface area contributed by atoms with Crippen molar-refractivity contribution >= 4 is 6.03 Å². The minimum atomic E-state index is -0.0889. The van der Waals surface area contributed by atoms with Gasteiger partial charge in [-0.05, 0) is 37.0 Å². The summed E-state index contributed by atoms with van der Waals surface area (Å²) >= 11 is 0. The Morgan fingerprint density at radius 3 is 2.39 bits per heavy atom. The first-order chi connectivity index (χ1) is 11.2. The largest absolute Gasteiger partial charge is 0.490 e. The second-order valence-electron chi connectivity index (χ2n) is 5.94. The van der Waals surface area contributed by atoms with Gasteiger partial charge in [-0.3, -0.25) is 0 Å². The van der Waals surface area contributed by atoms with Gasteiger partial charge in [-0.1, -0.05) is 32.8 Å². The molecule has 0 radical (unpaired) electrons. The van der Waals surface area contributed by atoms with Crippen molar-refractivity contribution in [3.63, 3.8) is 0 Å². The minimum Gasteiger partial charge on any atom is -0.490 e. The van der Waals surface area contributed by atoms with Crippen LogP contribution in [0.4, 0.5) is 4.79 Å². The first kappa shape index (κ1) is 17.4. The first-order valence-corrected chi connectivity index (χ1v) is 8.65. The zero-order valence-corrected chi connectivity index (χ0v) is 14.2. The van der Waals surface area contributed by atoms with Crippen LogP contribution in [-0.4, -0.2) is 31.8 Å². The van der Waals surface area contributed by atoms with E-state index in [4.69, 9.17) is 9.47 Å². The van der Waals surface area contributed by atoms with Crippen molar-refractivity contribution in [3.8, 4) is 11.5 Å². The lowest BCUT2D eigenvalue weighted by Crippen LogP contribution is -2.28. The number of amides is 2. The van der Waals surface area contributed by atoms with Crippen LogP contribution in [0.5, 0.6) is 11.5 Å². The van der Waals surface area contributed by atoms with Crippen molar-refractivity contribution in [2.75, 3.05) is 19.8 Å². The van der Waals surface area contributed by atoms with Gasteiger partial charge >= 0.3 is 6.03 Å². The lowest BCUT2D eigenvalue weighted by atomic mass is 10.1. The van der Waals surface area contributed by atoms with Crippen LogP contribution >= 0.6 is 0 Å². The third kappa shape index (κ3) is 5.66. The van der Waals surface area contributed by atoms with Gasteiger partial charge < -0.3 is 20.1 Å². The van der Waals surface area contributed by atoms with Crippen LogP contribution in [0.1, 0.15) is 45.1 Å². The lowest BCUT2D eigenvalue weighted by molar-refractivity contribution is 0.247. The summed E-state index contributed by atoms with van der Waals surface area (Å²) in [4.78, 5) is 11.2. The van der Waals surface area contributed by atoms with Crippen molar-refractivity contribution in [2.45, 2.75) is 52.0 Å². The summed E-state index contributed by atoms with van der Waals surface area (Å²) in [5, 5.41) is 5.69. The number of carbonyl (C=O) groups excluding carboxylic acids is 1. The third-order valence-electron chi connectivity index (χ3n) is 3.85. The van der Waals surface area contributed by atoms with Crippen LogP contribution in [0.3, 0.4) is 0 Å². The van der Waals surface area contributed by atoms with E-state index in [0.717, 1.165) is 49.2 Å². The van der Waals surface area contributed by atoms with E-state index in [1.54, 1.807) is 0 Å². The maximum atomic E-state index is 11.2. The highest BCUT2D eigenvalue weighted by Gasteiger charge is 2.20. The Morgan fingerprint density at radius 2 is 1.78 bits per heavy atom. The van der Waals surface area contributed by atoms with E-state index >= 15 is 0 Å². The molecule has 2 rings (SSSR count). The molecule has 1 fully saturated rings. The molecule has 1 unspecified atom stereocenters. The highest BCUT2D eigenvalue weighted by atomic mass is 16.5. The Kier molecular flexibility index (Phi) is 7.04. The molecule has 5 heteroatoms. The molecule has 0 aromatic heterocycles. The summed E-state index contributed by atoms with van der Waals surface area (Å²) in [5.41, 5.74) is 1.15. The van der Waals surface area contributed by atoms with E-state index in [-0.39, 0.29) is 12.1 Å². The Morgan fingerprint density at radius 1 is 1.09 bits per heavy atom. The highest BCUT2D eigenvalue weighted by Crippen LogP contribution is 2.29. The van der Waals surface area contributed by atoms with Crippen molar-refractivity contribution in [1.82, 2.24) is 10.6 Å². The molecule has 23 heavy (non-hydrogen) atoms. The Labute approximate surface area is 138 Å². The molecule has 1 heterocycles. The molecule has 1 aliphatic heterocycles. The average Bonchev–Trinajstić information content (AvgIpc) is 2.95. The fourth-order valence-corrected chi connectivity index (χ4v) is 2.48. The van der Waals surface area contributed by atoms with E-state index in [9.17, 15) is 4.79 Å². The summed E-state index contributed by atoms with van der Waals surface area (Å²) in [6.45, 7) is 6.37. The number of hydrogen-bond donors (Lipinski definition) is 2. The minimum absolute atomic E-state index is 0.0889. The van der Waals surface area contributed by atoms with E-state index in [1.165, 1.54) is 0 Å². The zero-order valence-electron chi connectivity index (χ0n) is 14.2. The highest BCUT2D eigenvalue weighted by molar-refractivity contribution is 5.76. The van der Waals surface area contributed by atoms with Gasteiger partial charge in [0.05, 0.1) is 19.3 Å². The van der Waals surface area contributed by atoms with Gasteiger partial charge in [-0.2, -0.15) is 0 Å². The van der Waals surface area contributed by atoms with Crippen molar-refractivity contribution in [2.24, 2.45) is 0 Å². The van der Waals surface area contributed by atoms with E-state index in [2.05, 4.69) is 30.5 Å². The molecule has 2 amide bonds. The van der Waals surface area contributed by atoms with Crippen LogP contribution < -0.4 is 20.1 Å². The molecule has 0 spiro atoms. The second-order valence-corrected chi connectivity index (χ2v) is 5.94. The summed E-state index contributed by atoms with van der Waals surface area (Å²) in [6.07, 6.45) is 5.07. The first-order valence-electron chi connectivity index (χ1n) is 8.65. The summed E-state index contributed by atoms with van der Waals surface area (Å²) in [6, 6.07) is 6.13. The lowest BCUT2D eigenvalue weighted by Gasteiger charge is -2.15. The molecule has 0 bridgehead atoms. The van der Waals surface area contributed by atoms with Crippen LogP contribution in [0.2, 0.25) is 0 Å². The molecule has 1 saturated heterocycles. The predicted molar refractivity (Wildman–Crippen MR) is 91.3 cm³/mol. The van der Waals surface area contributed by atoms with Gasteiger partial charge in [0.1, 0.15) is 0 Å². The smallest absolute Gasteiger partial charge is 0.315 e. The van der Waals surface area contributed by atoms with E-state index in [1.807, 2.05) is 12.1 Å². The summed E-state index contributed by atoms with van der Waals surface area (Å²) in [7, 11) is 0. The van der Waals surface area contributed by atoms with Gasteiger partial charge in [0, 0.05) is 6.54 Å². The van der Waals surface area contributed by atoms with Crippen LogP contribution in [0, 0.1) is 0 Å². The maximum Gasteiger partial charge on any atom is 0.315 e. The van der Waals surface area contributed by atoms with Crippen molar-refractivity contribution in [3.05, 3.63) is 23.8 Å². The zero-order chi connectivity index (χ0) is 16.5. The molecule has 2 N–H and O–H groups in total. The molecule has 1 atom stereocenters. The summed E-state index contributed by atoms with van der Waals surface area (Å²) < 4.78 is 11.7. The number of rotatable bonds is 10. The number of hydrogen-bond acceptors (Lipinski definition) is 3. The molecule has 5 nitrogen and oxygen atoms in total. The van der Waals surface area contributed by atoms with Gasteiger partial charge in [-0.25, -0.2) is 4.79 Å². The topological polar surface area (TPSA) is 59.6 Å². The number of nitrogens with one attached hydrogen (secondary N) is 2. The number of unbranched alkanes of at least 4 members (excludes halogenated alkanes) is 2. The van der Waals surface area contributed by atoms with Crippen LogP contribution in [-0.2, 0) is 6.42 Å². The quantitative estimate of drug-likeness (QED) is 0.651. The third-order valence-corrected chi connectivity index (χ3v) is 3.85. The van der Waals surface area contributed by atoms with Gasteiger partial charge in [0.2, 0.25) is 0 Å². The van der Waals surface area contributed by atoms with E-state index in [0.29, 0.717) is 19.8 Å². The van der Waals surface area contributed by atoms with E-state index < -0.39 is 0 Å². The van der Waals surface area contributed by atoms with Crippen LogP contribution in [0.25, 0.3) is 0 Å². The SMILES string of the molecule is CCCCOc1ccc(CC2CNC(=O)N2)cc1OCCCC. The number of benzene rings is 1. The average molecular weight is 320 g/mol. The molecule has 0 aliphatic carbocycles. The molecular formula is C18H28N2O3. The number of ether oxygens (including phenoxy) is 2. The maximum absolute atomic E-state index is 11.2. The number of urea groups is 1. The fourth-order valence-electron chi connectivity index (χ4n) is 2.48. The molecule has 1 aromatic carbocycles. The van der Waals surface area contributed by atoms with Crippen LogP contribution in [0.15, 0.2) is 18.2 Å². The van der Waals surface area contributed by atoms with Gasteiger partial charge in [-0.15, -0.1) is 0 Å². The molecular weight excluding hydrogens is 292 g/mol. The Balaban J connectivity index is 2.01. The second kappa shape index (κ2) is 9.28. The molecule has 128 valence electrons. The fraction of sp³-hybridized carbons (Fsp3) is 0.611. The molecule has 0 saturated carbocycles. The Bertz CT molecular complexity index is 505. The standard InChI is InChI=1S/C18H28N2O3/c1-3-5-9-22-16-8-7-14(11-15-13-19-18(21)20-15)12-17(16)23-10-6-4-2/h7-8,12,15H,3-6,9-11,13H2,1-2H3,(H2,19,20,21). The summed E-state index contributed by atoms with van der Waals surface area (Å²) in [5.74, 6) is 1.62. The normalized spacial score (nSPS) is 16.8. The molecule has 1 aliphatic rings. The van der Waals surface area contributed by atoms with Gasteiger partial charge in [0.25, 0.3) is 0 Å². The number of carbonyl (C=O) groups is 1. The van der Waals surface area contributed by atoms with Crippen molar-refractivity contribution in [1.29, 1.82) is 0 Å².